The molecular weight excluding hydrogens is 657 g/mol. The Balaban J connectivity index is 1.33. The highest BCUT2D eigenvalue weighted by Crippen LogP contribution is 2.36. The van der Waals surface area contributed by atoms with E-state index in [9.17, 15) is 9.00 Å². The lowest BCUT2D eigenvalue weighted by Gasteiger charge is -2.31. The summed E-state index contributed by atoms with van der Waals surface area (Å²) in [5, 5.41) is 3.11. The Kier molecular flexibility index (Phi) is 14.1. The summed E-state index contributed by atoms with van der Waals surface area (Å²) >= 11 is 0. The number of nitrogens with one attached hydrogen (secondary N) is 1. The molecule has 0 saturated heterocycles. The molecule has 1 unspecified atom stereocenters. The number of carbonyl (C=O) groups excluding carboxylic acids is 1. The third-order valence-electron chi connectivity index (χ3n) is 9.00. The van der Waals surface area contributed by atoms with Crippen LogP contribution in [0.3, 0.4) is 0 Å². The van der Waals surface area contributed by atoms with Gasteiger partial charge in [-0.25, -0.2) is 4.98 Å². The number of anilines is 2. The molecule has 9 heteroatoms. The number of benzene rings is 3. The molecule has 8 nitrogen and oxygen atoms in total. The molecule has 1 N–H and O–H groups in total. The smallest absolute Gasteiger partial charge is 0.251 e. The predicted molar refractivity (Wildman–Crippen MR) is 210 cm³/mol. The van der Waals surface area contributed by atoms with Crippen LogP contribution in [0.1, 0.15) is 76.8 Å². The first kappa shape index (κ1) is 38.0. The van der Waals surface area contributed by atoms with Crippen LogP contribution in [0.4, 0.5) is 11.4 Å². The number of hydrogen-bond donors (Lipinski definition) is 1. The third kappa shape index (κ3) is 10.7. The Labute approximate surface area is 306 Å². The zero-order chi connectivity index (χ0) is 36.2. The number of imidazole rings is 1. The van der Waals surface area contributed by atoms with E-state index in [0.29, 0.717) is 41.9 Å². The van der Waals surface area contributed by atoms with Gasteiger partial charge in [-0.15, -0.1) is 0 Å². The van der Waals surface area contributed by atoms with Crippen molar-refractivity contribution >= 4 is 34.2 Å². The van der Waals surface area contributed by atoms with Crippen molar-refractivity contribution in [2.75, 3.05) is 43.1 Å². The number of nitrogens with zero attached hydrogens (tertiary/aromatic N) is 3. The van der Waals surface area contributed by atoms with Crippen molar-refractivity contribution in [1.29, 1.82) is 0 Å². The second kappa shape index (κ2) is 18.9. The van der Waals surface area contributed by atoms with Crippen molar-refractivity contribution in [3.63, 3.8) is 0 Å². The number of hydrogen-bond acceptors (Lipinski definition) is 6. The summed E-state index contributed by atoms with van der Waals surface area (Å²) in [4.78, 5) is 21.3. The second-order valence-corrected chi connectivity index (χ2v) is 15.1. The Morgan fingerprint density at radius 2 is 1.78 bits per heavy atom. The van der Waals surface area contributed by atoms with E-state index in [1.54, 1.807) is 6.20 Å². The maximum absolute atomic E-state index is 13.8. The fourth-order valence-corrected chi connectivity index (χ4v) is 7.47. The number of aromatic nitrogens is 2. The van der Waals surface area contributed by atoms with Crippen molar-refractivity contribution in [3.05, 3.63) is 95.6 Å². The van der Waals surface area contributed by atoms with Gasteiger partial charge in [0, 0.05) is 60.5 Å². The summed E-state index contributed by atoms with van der Waals surface area (Å²) in [6.45, 7) is 15.5. The molecule has 5 rings (SSSR count). The largest absolute Gasteiger partial charge is 0.491 e. The zero-order valence-corrected chi connectivity index (χ0v) is 31.8. The van der Waals surface area contributed by atoms with Gasteiger partial charge in [-0.1, -0.05) is 46.2 Å². The van der Waals surface area contributed by atoms with E-state index in [4.69, 9.17) is 9.47 Å². The number of rotatable bonds is 17. The van der Waals surface area contributed by atoms with Gasteiger partial charge in [-0.05, 0) is 115 Å². The molecule has 4 aromatic rings. The summed E-state index contributed by atoms with van der Waals surface area (Å²) in [7, 11) is -1.24. The van der Waals surface area contributed by atoms with Gasteiger partial charge >= 0.3 is 0 Å². The highest BCUT2D eigenvalue weighted by molar-refractivity contribution is 7.84. The molecule has 0 bridgehead atoms. The molecule has 0 saturated carbocycles. The minimum absolute atomic E-state index is 0.115. The van der Waals surface area contributed by atoms with Gasteiger partial charge in [-0.3, -0.25) is 9.00 Å². The quantitative estimate of drug-likeness (QED) is 0.110. The van der Waals surface area contributed by atoms with Crippen molar-refractivity contribution in [2.24, 2.45) is 5.92 Å². The van der Waals surface area contributed by atoms with Gasteiger partial charge < -0.3 is 24.3 Å². The highest BCUT2D eigenvalue weighted by Gasteiger charge is 2.21. The van der Waals surface area contributed by atoms with Crippen LogP contribution < -0.4 is 15.0 Å². The molecule has 3 aromatic carbocycles. The molecule has 0 aliphatic carbocycles. The maximum Gasteiger partial charge on any atom is 0.251 e. The number of carbonyl (C=O) groups is 1. The topological polar surface area (TPSA) is 85.7 Å². The first-order chi connectivity index (χ1) is 24.7. The molecule has 1 aliphatic heterocycles. The van der Waals surface area contributed by atoms with Gasteiger partial charge in [-0.2, -0.15) is 0 Å². The van der Waals surface area contributed by atoms with E-state index in [1.807, 2.05) is 42.6 Å². The van der Waals surface area contributed by atoms with Crippen LogP contribution in [0.15, 0.2) is 83.5 Å². The number of amides is 1. The fraction of sp³-hybridized carbons (Fsp3) is 0.429. The van der Waals surface area contributed by atoms with Gasteiger partial charge in [0.2, 0.25) is 0 Å². The Hall–Kier alpha value is -4.21. The van der Waals surface area contributed by atoms with E-state index in [2.05, 4.69) is 84.7 Å². The van der Waals surface area contributed by atoms with Gasteiger partial charge in [0.05, 0.1) is 23.2 Å². The molecule has 2 heterocycles. The lowest BCUT2D eigenvalue weighted by Crippen LogP contribution is -2.30. The first-order valence-corrected chi connectivity index (χ1v) is 19.8. The summed E-state index contributed by atoms with van der Waals surface area (Å²) in [6.07, 6.45) is 10.5. The summed E-state index contributed by atoms with van der Waals surface area (Å²) in [5.74, 6) is 2.38. The standard InChI is InChI=1S/C42H54N4O4S/c1-6-8-23-49-24-25-50-37-15-11-33(12-16-37)39-28-35-27-34(10-9-21-46(29-31(3)4)40(35)26-32(39)5)42(47)44-36-13-17-38(18-14-36)51(48)30-41-43-19-22-45(41)20-7-2/h11-19,22,26-28,31H,6-10,20-21,23-25,29-30H2,1-5H3,(H,44,47). The van der Waals surface area contributed by atoms with Crippen LogP contribution in [0, 0.1) is 12.8 Å². The number of aryl methyl sites for hydroxylation is 2. The fourth-order valence-electron chi connectivity index (χ4n) is 6.38. The predicted octanol–water partition coefficient (Wildman–Crippen LogP) is 9.05. The van der Waals surface area contributed by atoms with E-state index in [-0.39, 0.29) is 5.91 Å². The molecule has 0 fully saturated rings. The van der Waals surface area contributed by atoms with Crippen molar-refractivity contribution in [1.82, 2.24) is 9.55 Å². The second-order valence-electron chi connectivity index (χ2n) is 13.7. The van der Waals surface area contributed by atoms with Crippen molar-refractivity contribution in [3.8, 4) is 16.9 Å². The van der Waals surface area contributed by atoms with E-state index >= 15 is 0 Å². The number of ether oxygens (including phenoxy) is 2. The van der Waals surface area contributed by atoms with E-state index in [1.165, 1.54) is 5.56 Å². The first-order valence-electron chi connectivity index (χ1n) is 18.5. The molecule has 1 atom stereocenters. The minimum atomic E-state index is -1.24. The lowest BCUT2D eigenvalue weighted by molar-refractivity contribution is -0.112. The van der Waals surface area contributed by atoms with Crippen LogP contribution in [-0.2, 0) is 32.6 Å². The third-order valence-corrected chi connectivity index (χ3v) is 10.3. The van der Waals surface area contributed by atoms with E-state index in [0.717, 1.165) is 91.4 Å². The van der Waals surface area contributed by atoms with E-state index < -0.39 is 10.8 Å². The van der Waals surface area contributed by atoms with Gasteiger partial charge in [0.1, 0.15) is 18.2 Å². The molecule has 272 valence electrons. The normalized spacial score (nSPS) is 13.7. The Morgan fingerprint density at radius 3 is 2.51 bits per heavy atom. The summed E-state index contributed by atoms with van der Waals surface area (Å²) < 4.78 is 26.7. The van der Waals surface area contributed by atoms with Gasteiger partial charge in [0.25, 0.3) is 5.91 Å². The summed E-state index contributed by atoms with van der Waals surface area (Å²) in [5.41, 5.74) is 7.04. The van der Waals surface area contributed by atoms with Crippen LogP contribution in [-0.4, -0.2) is 52.6 Å². The highest BCUT2D eigenvalue weighted by atomic mass is 32.2. The van der Waals surface area contributed by atoms with Gasteiger partial charge in [0.15, 0.2) is 0 Å². The zero-order valence-electron chi connectivity index (χ0n) is 31.0. The Bertz CT molecular complexity index is 1780. The molecular formula is C42H54N4O4S. The molecule has 0 spiro atoms. The number of unbranched alkanes of at least 4 members (excludes halogenated alkanes) is 1. The average Bonchev–Trinajstić information content (AvgIpc) is 3.55. The average molecular weight is 711 g/mol. The van der Waals surface area contributed by atoms with Crippen molar-refractivity contribution in [2.45, 2.75) is 83.9 Å². The van der Waals surface area contributed by atoms with Crippen molar-refractivity contribution < 1.29 is 18.5 Å². The minimum Gasteiger partial charge on any atom is -0.491 e. The summed E-state index contributed by atoms with van der Waals surface area (Å²) in [6, 6.07) is 20.1. The lowest BCUT2D eigenvalue weighted by atomic mass is 9.93. The molecule has 1 aromatic heterocycles. The number of fused-ring (bicyclic) bond motifs is 1. The Morgan fingerprint density at radius 1 is 1.00 bits per heavy atom. The molecule has 51 heavy (non-hydrogen) atoms. The molecule has 0 radical (unpaired) electrons. The molecule has 1 amide bonds. The van der Waals surface area contributed by atoms with Crippen LogP contribution >= 0.6 is 0 Å². The van der Waals surface area contributed by atoms with Crippen LogP contribution in [0.25, 0.3) is 17.2 Å². The monoisotopic (exact) mass is 710 g/mol. The van der Waals surface area contributed by atoms with Crippen LogP contribution in [0.5, 0.6) is 5.75 Å². The van der Waals surface area contributed by atoms with Crippen LogP contribution in [0.2, 0.25) is 0 Å². The molecule has 1 aliphatic rings. The maximum atomic E-state index is 13.8. The SMILES string of the molecule is CCCCOCCOc1ccc(-c2cc3c(cc2C)N(CC(C)C)CCCC(C(=O)Nc2ccc(S(=O)Cc4nccn4CCC)cc2)=C3)cc1.